The van der Waals surface area contributed by atoms with Gasteiger partial charge in [-0.15, -0.1) is 0 Å². The Morgan fingerprint density at radius 3 is 1.84 bits per heavy atom. The second-order valence-corrected chi connectivity index (χ2v) is 17.4. The zero-order chi connectivity index (χ0) is 52.1. The van der Waals surface area contributed by atoms with Crippen molar-refractivity contribution in [2.75, 3.05) is 18.8 Å². The number of H-pyrrole nitrogens is 1. The third kappa shape index (κ3) is 18.5. The number of nitrogens with two attached hydrogens (primary N) is 3. The number of carbonyl (C=O) groups is 10. The van der Waals surface area contributed by atoms with E-state index < -0.39 is 126 Å². The summed E-state index contributed by atoms with van der Waals surface area (Å²) in [6.07, 6.45) is 2.28. The molecule has 0 aliphatic carbocycles. The number of primary amides is 1. The molecule has 0 spiro atoms. The first-order valence-electron chi connectivity index (χ1n) is 22.7. The molecule has 0 saturated heterocycles. The van der Waals surface area contributed by atoms with Gasteiger partial charge in [0.05, 0.1) is 19.0 Å². The van der Waals surface area contributed by atoms with E-state index in [0.29, 0.717) is 24.9 Å². The van der Waals surface area contributed by atoms with Crippen LogP contribution in [-0.4, -0.2) is 136 Å². The summed E-state index contributed by atoms with van der Waals surface area (Å²) in [7, 11) is 0. The molecular weight excluding hydrogens is 929 g/mol. The lowest BCUT2D eigenvalue weighted by atomic mass is 9.99. The molecule has 8 atom stereocenters. The second-order valence-electron chi connectivity index (χ2n) is 17.0. The van der Waals surface area contributed by atoms with Crippen LogP contribution in [0.25, 0.3) is 10.9 Å². The molecule has 0 unspecified atom stereocenters. The number of carbonyl (C=O) groups excluding carboxylic acids is 9. The van der Waals surface area contributed by atoms with Crippen LogP contribution in [0.2, 0.25) is 0 Å². The molecule has 0 saturated carbocycles. The van der Waals surface area contributed by atoms with Crippen molar-refractivity contribution in [1.82, 2.24) is 47.5 Å². The van der Waals surface area contributed by atoms with E-state index in [1.54, 1.807) is 50.4 Å². The highest BCUT2D eigenvalue weighted by Crippen LogP contribution is 2.19. The fraction of sp³-hybridized carbons (Fsp3) is 0.478. The van der Waals surface area contributed by atoms with Gasteiger partial charge in [-0.2, -0.15) is 12.6 Å². The van der Waals surface area contributed by atoms with Crippen molar-refractivity contribution in [3.05, 3.63) is 71.9 Å². The normalized spacial score (nSPS) is 14.5. The molecule has 24 heteroatoms. The number of fused-ring (bicyclic) bond motifs is 1. The van der Waals surface area contributed by atoms with Crippen LogP contribution in [0.3, 0.4) is 0 Å². The molecule has 0 bridgehead atoms. The number of carboxylic acids is 1. The number of rotatable bonds is 29. The van der Waals surface area contributed by atoms with Crippen LogP contribution < -0.4 is 59.7 Å². The topological polar surface area (TPSA) is 381 Å². The standard InChI is InChI=1S/C46H66N12O11S/c1-24(2)38(58-41(63)30(48)19-28-21-50-31-15-9-8-14-29(28)31)45(67)56-33(18-27-12-6-5-7-13-27)42(64)51-22-37(60)54-34(20-36(49)59)43(65)53-25(3)39(61)52-26(4)40(62)57-35(23-70)44(66)55-32(46(68)69)16-10-11-17-47/h5-9,12-15,21,24-26,30,32-35,38,50,70H,10-11,16-20,22-23,47-48H2,1-4H3,(H2,49,59)(H,51,64)(H,52,61)(H,53,65)(H,54,60)(H,55,66)(H,56,67)(H,57,62)(H,58,63)(H,68,69)/t25-,26-,30-,32-,33-,34-,35-,38-/m0/s1. The summed E-state index contributed by atoms with van der Waals surface area (Å²) in [5, 5.41) is 30.0. The Kier molecular flexibility index (Phi) is 23.3. The highest BCUT2D eigenvalue weighted by Gasteiger charge is 2.33. The van der Waals surface area contributed by atoms with Gasteiger partial charge in [-0.25, -0.2) is 4.79 Å². The number of hydrogen-bond acceptors (Lipinski definition) is 13. The average molecular weight is 995 g/mol. The van der Waals surface area contributed by atoms with E-state index in [-0.39, 0.29) is 25.0 Å². The van der Waals surface area contributed by atoms with Gasteiger partial charge < -0.3 is 69.8 Å². The average Bonchev–Trinajstić information content (AvgIpc) is 3.72. The van der Waals surface area contributed by atoms with Gasteiger partial charge in [-0.05, 0) is 69.2 Å². The molecule has 3 aromatic rings. The minimum absolute atomic E-state index is 0.0277. The quantitative estimate of drug-likeness (QED) is 0.0253. The van der Waals surface area contributed by atoms with E-state index in [4.69, 9.17) is 17.2 Å². The summed E-state index contributed by atoms with van der Waals surface area (Å²) in [6.45, 7) is 5.54. The summed E-state index contributed by atoms with van der Waals surface area (Å²) in [5.74, 6) is -9.56. The molecular formula is C46H66N12O11S. The predicted molar refractivity (Wildman–Crippen MR) is 261 cm³/mol. The molecule has 3 rings (SSSR count). The minimum atomic E-state index is -1.63. The molecule has 0 aliphatic heterocycles. The number of amides is 9. The van der Waals surface area contributed by atoms with Crippen molar-refractivity contribution in [3.63, 3.8) is 0 Å². The molecule has 0 radical (unpaired) electrons. The fourth-order valence-corrected chi connectivity index (χ4v) is 7.25. The first-order chi connectivity index (χ1) is 33.1. The Labute approximate surface area is 410 Å². The van der Waals surface area contributed by atoms with Crippen molar-refractivity contribution >= 4 is 82.7 Å². The first kappa shape index (κ1) is 57.3. The molecule has 9 amide bonds. The van der Waals surface area contributed by atoms with Crippen LogP contribution in [0, 0.1) is 5.92 Å². The van der Waals surface area contributed by atoms with Crippen LogP contribution >= 0.6 is 12.6 Å². The van der Waals surface area contributed by atoms with Crippen LogP contribution in [0.4, 0.5) is 0 Å². The Balaban J connectivity index is 1.61. The molecule has 1 aromatic heterocycles. The number of hydrogen-bond donors (Lipinski definition) is 14. The number of unbranched alkanes of at least 4 members (excludes halogenated alkanes) is 1. The van der Waals surface area contributed by atoms with Gasteiger partial charge in [0.2, 0.25) is 53.2 Å². The number of benzene rings is 2. The van der Waals surface area contributed by atoms with E-state index in [2.05, 4.69) is 60.1 Å². The summed E-state index contributed by atoms with van der Waals surface area (Å²) in [5.41, 5.74) is 19.5. The lowest BCUT2D eigenvalue weighted by Crippen LogP contribution is -2.59. The second kappa shape index (κ2) is 28.4. The van der Waals surface area contributed by atoms with E-state index in [1.165, 1.54) is 13.8 Å². The maximum atomic E-state index is 13.8. The molecule has 0 aliphatic rings. The highest BCUT2D eigenvalue weighted by molar-refractivity contribution is 7.80. The molecule has 0 fully saturated rings. The number of para-hydroxylation sites is 1. The number of aromatic nitrogens is 1. The van der Waals surface area contributed by atoms with Gasteiger partial charge in [0.15, 0.2) is 0 Å². The van der Waals surface area contributed by atoms with Crippen molar-refractivity contribution in [3.8, 4) is 0 Å². The molecule has 16 N–H and O–H groups in total. The van der Waals surface area contributed by atoms with E-state index in [1.807, 2.05) is 24.3 Å². The Morgan fingerprint density at radius 2 is 1.23 bits per heavy atom. The molecule has 382 valence electrons. The molecule has 2 aromatic carbocycles. The summed E-state index contributed by atoms with van der Waals surface area (Å²) in [4.78, 5) is 133. The monoisotopic (exact) mass is 994 g/mol. The van der Waals surface area contributed by atoms with Gasteiger partial charge in [-0.3, -0.25) is 43.2 Å². The zero-order valence-corrected chi connectivity index (χ0v) is 40.4. The number of carboxylic acid groups (broad SMARTS) is 1. The smallest absolute Gasteiger partial charge is 0.326 e. The fourth-order valence-electron chi connectivity index (χ4n) is 6.99. The first-order valence-corrected chi connectivity index (χ1v) is 23.3. The molecule has 23 nitrogen and oxygen atoms in total. The minimum Gasteiger partial charge on any atom is -0.480 e. The zero-order valence-electron chi connectivity index (χ0n) is 39.5. The van der Waals surface area contributed by atoms with E-state index >= 15 is 0 Å². The molecule has 70 heavy (non-hydrogen) atoms. The van der Waals surface area contributed by atoms with Crippen LogP contribution in [0.1, 0.15) is 64.5 Å². The van der Waals surface area contributed by atoms with Gasteiger partial charge in [0.25, 0.3) is 0 Å². The molecule has 1 heterocycles. The summed E-state index contributed by atoms with van der Waals surface area (Å²) >= 11 is 4.08. The van der Waals surface area contributed by atoms with Crippen molar-refractivity contribution in [1.29, 1.82) is 0 Å². The lowest BCUT2D eigenvalue weighted by molar-refractivity contribution is -0.142. The number of aliphatic carboxylic acids is 1. The largest absolute Gasteiger partial charge is 0.480 e. The third-order valence-corrected chi connectivity index (χ3v) is 11.3. The highest BCUT2D eigenvalue weighted by atomic mass is 32.1. The van der Waals surface area contributed by atoms with Crippen molar-refractivity contribution in [2.24, 2.45) is 23.1 Å². The Bertz CT molecular complexity index is 2310. The SMILES string of the molecule is CC(C)[C@H](NC(=O)[C@@H](N)Cc1c[nH]c2ccccc12)C(=O)N[C@@H](Cc1ccccc1)C(=O)NCC(=O)N[C@@H](CC(N)=O)C(=O)N[C@@H](C)C(=O)N[C@@H](C)C(=O)N[C@@H](CS)C(=O)N[C@@H](CCCCN)C(=O)O. The summed E-state index contributed by atoms with van der Waals surface area (Å²) in [6, 6.07) is 6.02. The van der Waals surface area contributed by atoms with Crippen LogP contribution in [0.5, 0.6) is 0 Å². The Morgan fingerprint density at radius 1 is 0.643 bits per heavy atom. The van der Waals surface area contributed by atoms with Gasteiger partial charge in [0.1, 0.15) is 42.3 Å². The van der Waals surface area contributed by atoms with Gasteiger partial charge in [0, 0.05) is 29.3 Å². The number of aromatic amines is 1. The van der Waals surface area contributed by atoms with E-state index in [0.717, 1.165) is 16.5 Å². The third-order valence-electron chi connectivity index (χ3n) is 11.0. The van der Waals surface area contributed by atoms with E-state index in [9.17, 15) is 53.1 Å². The maximum Gasteiger partial charge on any atom is 0.326 e. The lowest BCUT2D eigenvalue weighted by Gasteiger charge is -2.26. The van der Waals surface area contributed by atoms with Crippen LogP contribution in [0.15, 0.2) is 60.8 Å². The van der Waals surface area contributed by atoms with Gasteiger partial charge in [-0.1, -0.05) is 62.4 Å². The summed E-state index contributed by atoms with van der Waals surface area (Å²) < 4.78 is 0. The van der Waals surface area contributed by atoms with Crippen molar-refractivity contribution in [2.45, 2.75) is 115 Å². The Hall–Kier alpha value is -7.05. The number of thiol groups is 1. The predicted octanol–water partition coefficient (Wildman–Crippen LogP) is -2.50. The maximum absolute atomic E-state index is 13.8. The van der Waals surface area contributed by atoms with Gasteiger partial charge >= 0.3 is 5.97 Å². The van der Waals surface area contributed by atoms with Crippen molar-refractivity contribution < 1.29 is 53.1 Å². The van der Waals surface area contributed by atoms with Crippen LogP contribution in [-0.2, 0) is 60.8 Å². The number of nitrogens with one attached hydrogen (secondary N) is 9.